The first kappa shape index (κ1) is 13.8. The number of benzene rings is 1. The van der Waals surface area contributed by atoms with Crippen LogP contribution in [0.2, 0.25) is 0 Å². The molecule has 5 heteroatoms. The molecule has 20 heavy (non-hydrogen) atoms. The topological polar surface area (TPSA) is 47.0 Å². The third-order valence-corrected chi connectivity index (χ3v) is 4.15. The van der Waals surface area contributed by atoms with Gasteiger partial charge in [0.05, 0.1) is 29.6 Å². The summed E-state index contributed by atoms with van der Waals surface area (Å²) in [5.41, 5.74) is 1.95. The molecular formula is C15H18BrN3O. The predicted molar refractivity (Wildman–Crippen MR) is 83.9 cm³/mol. The summed E-state index contributed by atoms with van der Waals surface area (Å²) in [5, 5.41) is 13.0. The van der Waals surface area contributed by atoms with Gasteiger partial charge in [-0.05, 0) is 44.9 Å². The fraction of sp³-hybridized carbons (Fsp3) is 0.467. The summed E-state index contributed by atoms with van der Waals surface area (Å²) >= 11 is 3.51. The Labute approximate surface area is 127 Å². The fourth-order valence-electron chi connectivity index (χ4n) is 2.89. The third kappa shape index (κ3) is 2.94. The number of nitrogens with zero attached hydrogens (tertiary/aromatic N) is 2. The van der Waals surface area contributed by atoms with E-state index in [1.807, 2.05) is 12.1 Å². The highest BCUT2D eigenvalue weighted by atomic mass is 79.9. The number of ether oxygens (including phenoxy) is 1. The van der Waals surface area contributed by atoms with E-state index in [0.29, 0.717) is 18.2 Å². The minimum absolute atomic E-state index is 0.295. The molecule has 1 aliphatic heterocycles. The molecule has 2 heterocycles. The average molecular weight is 336 g/mol. The first-order valence-corrected chi connectivity index (χ1v) is 7.74. The molecule has 0 saturated carbocycles. The van der Waals surface area contributed by atoms with Crippen molar-refractivity contribution in [3.63, 3.8) is 0 Å². The minimum Gasteiger partial charge on any atom is -0.380 e. The van der Waals surface area contributed by atoms with E-state index in [-0.39, 0.29) is 0 Å². The number of hydrogen-bond donors (Lipinski definition) is 1. The lowest BCUT2D eigenvalue weighted by molar-refractivity contribution is -0.0337. The number of hydrogen-bond acceptors (Lipinski definition) is 4. The van der Waals surface area contributed by atoms with Crippen molar-refractivity contribution >= 4 is 32.5 Å². The van der Waals surface area contributed by atoms with Crippen LogP contribution in [-0.4, -0.2) is 28.4 Å². The minimum atomic E-state index is 0.295. The highest BCUT2D eigenvalue weighted by molar-refractivity contribution is 9.10. The van der Waals surface area contributed by atoms with Gasteiger partial charge >= 0.3 is 0 Å². The Balaban J connectivity index is 1.88. The van der Waals surface area contributed by atoms with Gasteiger partial charge in [0, 0.05) is 15.9 Å². The second-order valence-electron chi connectivity index (χ2n) is 5.49. The zero-order chi connectivity index (χ0) is 14.1. The maximum Gasteiger partial charge on any atom is 0.0951 e. The van der Waals surface area contributed by atoms with E-state index in [0.717, 1.165) is 33.9 Å². The van der Waals surface area contributed by atoms with Gasteiger partial charge in [-0.25, -0.2) is 0 Å². The Morgan fingerprint density at radius 3 is 2.75 bits per heavy atom. The molecule has 1 fully saturated rings. The SMILES string of the molecule is CC1CC(Nc2cnnc3ccc(Br)cc23)CC(C)O1. The first-order valence-electron chi connectivity index (χ1n) is 6.95. The Bertz CT molecular complexity index is 609. The number of rotatable bonds is 2. The lowest BCUT2D eigenvalue weighted by Gasteiger charge is -2.33. The zero-order valence-electron chi connectivity index (χ0n) is 11.6. The molecule has 1 aromatic carbocycles. The molecule has 2 aromatic rings. The standard InChI is InChI=1S/C15H18BrN3O/c1-9-5-12(6-10(2)20-9)18-15-8-17-19-14-4-3-11(16)7-13(14)15/h3-4,7-10,12H,5-6H2,1-2H3,(H,18,19). The van der Waals surface area contributed by atoms with Crippen molar-refractivity contribution in [2.45, 2.75) is 44.9 Å². The van der Waals surface area contributed by atoms with Crippen LogP contribution in [0.4, 0.5) is 5.69 Å². The van der Waals surface area contributed by atoms with E-state index in [1.54, 1.807) is 6.20 Å². The quantitative estimate of drug-likeness (QED) is 0.907. The number of fused-ring (bicyclic) bond motifs is 1. The van der Waals surface area contributed by atoms with Gasteiger partial charge in [0.25, 0.3) is 0 Å². The van der Waals surface area contributed by atoms with Gasteiger partial charge in [0.1, 0.15) is 0 Å². The van der Waals surface area contributed by atoms with Crippen LogP contribution < -0.4 is 5.32 Å². The van der Waals surface area contributed by atoms with Crippen LogP contribution in [0.1, 0.15) is 26.7 Å². The normalized spacial score (nSPS) is 26.6. The number of halogens is 1. The van der Waals surface area contributed by atoms with E-state index in [1.165, 1.54) is 0 Å². The molecule has 0 amide bonds. The van der Waals surface area contributed by atoms with Crippen LogP contribution in [0.5, 0.6) is 0 Å². The summed E-state index contributed by atoms with van der Waals surface area (Å²) in [6, 6.07) is 6.46. The van der Waals surface area contributed by atoms with E-state index < -0.39 is 0 Å². The summed E-state index contributed by atoms with van der Waals surface area (Å²) < 4.78 is 6.84. The Kier molecular flexibility index (Phi) is 3.89. The van der Waals surface area contributed by atoms with Crippen LogP contribution in [-0.2, 0) is 4.74 Å². The van der Waals surface area contributed by atoms with Gasteiger partial charge < -0.3 is 10.1 Å². The molecule has 0 bridgehead atoms. The second-order valence-corrected chi connectivity index (χ2v) is 6.41. The van der Waals surface area contributed by atoms with Gasteiger partial charge in [0.2, 0.25) is 0 Å². The van der Waals surface area contributed by atoms with Gasteiger partial charge in [-0.2, -0.15) is 10.2 Å². The third-order valence-electron chi connectivity index (χ3n) is 3.66. The van der Waals surface area contributed by atoms with Gasteiger partial charge in [-0.3, -0.25) is 0 Å². The molecule has 0 radical (unpaired) electrons. The Morgan fingerprint density at radius 1 is 1.25 bits per heavy atom. The molecular weight excluding hydrogens is 318 g/mol. The van der Waals surface area contributed by atoms with Crippen molar-refractivity contribution in [1.29, 1.82) is 0 Å². The summed E-state index contributed by atoms with van der Waals surface area (Å²) in [6.07, 6.45) is 4.43. The Morgan fingerprint density at radius 2 is 2.00 bits per heavy atom. The molecule has 4 nitrogen and oxygen atoms in total. The van der Waals surface area contributed by atoms with E-state index in [2.05, 4.69) is 51.4 Å². The van der Waals surface area contributed by atoms with Crippen LogP contribution >= 0.6 is 15.9 Å². The van der Waals surface area contributed by atoms with Crippen molar-refractivity contribution < 1.29 is 4.74 Å². The number of anilines is 1. The van der Waals surface area contributed by atoms with Crippen LogP contribution in [0.15, 0.2) is 28.9 Å². The van der Waals surface area contributed by atoms with E-state index in [4.69, 9.17) is 4.74 Å². The maximum absolute atomic E-state index is 5.79. The molecule has 1 saturated heterocycles. The molecule has 0 spiro atoms. The summed E-state index contributed by atoms with van der Waals surface area (Å²) in [4.78, 5) is 0. The van der Waals surface area contributed by atoms with Crippen molar-refractivity contribution in [1.82, 2.24) is 10.2 Å². The molecule has 2 atom stereocenters. The van der Waals surface area contributed by atoms with Gasteiger partial charge in [0.15, 0.2) is 0 Å². The summed E-state index contributed by atoms with van der Waals surface area (Å²) in [7, 11) is 0. The Hall–Kier alpha value is -1.20. The van der Waals surface area contributed by atoms with Crippen LogP contribution in [0, 0.1) is 0 Å². The van der Waals surface area contributed by atoms with E-state index in [9.17, 15) is 0 Å². The highest BCUT2D eigenvalue weighted by Crippen LogP contribution is 2.28. The predicted octanol–water partition coefficient (Wildman–Crippen LogP) is 3.76. The highest BCUT2D eigenvalue weighted by Gasteiger charge is 2.24. The van der Waals surface area contributed by atoms with E-state index >= 15 is 0 Å². The first-order chi connectivity index (χ1) is 9.61. The van der Waals surface area contributed by atoms with Crippen molar-refractivity contribution in [2.75, 3.05) is 5.32 Å². The van der Waals surface area contributed by atoms with Crippen molar-refractivity contribution in [2.24, 2.45) is 0 Å². The molecule has 1 N–H and O–H groups in total. The molecule has 3 rings (SSSR count). The summed E-state index contributed by atoms with van der Waals surface area (Å²) in [5.74, 6) is 0. The van der Waals surface area contributed by atoms with Crippen LogP contribution in [0.25, 0.3) is 10.9 Å². The fourth-order valence-corrected chi connectivity index (χ4v) is 3.25. The van der Waals surface area contributed by atoms with Gasteiger partial charge in [-0.15, -0.1) is 0 Å². The molecule has 0 aliphatic carbocycles. The molecule has 2 unspecified atom stereocenters. The maximum atomic E-state index is 5.79. The smallest absolute Gasteiger partial charge is 0.0951 e. The van der Waals surface area contributed by atoms with Crippen molar-refractivity contribution in [3.05, 3.63) is 28.9 Å². The largest absolute Gasteiger partial charge is 0.380 e. The number of aromatic nitrogens is 2. The molecule has 106 valence electrons. The summed E-state index contributed by atoms with van der Waals surface area (Å²) in [6.45, 7) is 4.26. The lowest BCUT2D eigenvalue weighted by atomic mass is 9.99. The lowest BCUT2D eigenvalue weighted by Crippen LogP contribution is -2.36. The average Bonchev–Trinajstić information content (AvgIpc) is 2.38. The molecule has 1 aliphatic rings. The van der Waals surface area contributed by atoms with Crippen molar-refractivity contribution in [3.8, 4) is 0 Å². The van der Waals surface area contributed by atoms with Gasteiger partial charge in [-0.1, -0.05) is 15.9 Å². The van der Waals surface area contributed by atoms with Crippen LogP contribution in [0.3, 0.4) is 0 Å². The monoisotopic (exact) mass is 335 g/mol. The molecule has 1 aromatic heterocycles. The zero-order valence-corrected chi connectivity index (χ0v) is 13.2. The number of nitrogens with one attached hydrogen (secondary N) is 1. The second kappa shape index (κ2) is 5.66.